The minimum absolute atomic E-state index is 0.0524. The molecule has 0 aliphatic carbocycles. The van der Waals surface area contributed by atoms with E-state index in [1.54, 1.807) is 0 Å². The Bertz CT molecular complexity index is 1030. The number of aromatic nitrogens is 2. The fourth-order valence-electron chi connectivity index (χ4n) is 3.64. The quantitative estimate of drug-likeness (QED) is 0.446. The van der Waals surface area contributed by atoms with Crippen LogP contribution in [0.4, 0.5) is 11.4 Å². The van der Waals surface area contributed by atoms with Crippen LogP contribution in [0, 0.1) is 13.8 Å². The van der Waals surface area contributed by atoms with Gasteiger partial charge in [0.05, 0.1) is 11.4 Å². The van der Waals surface area contributed by atoms with Crippen LogP contribution >= 0.6 is 11.8 Å². The summed E-state index contributed by atoms with van der Waals surface area (Å²) in [6, 6.07) is 18.2. The normalized spacial score (nSPS) is 13.5. The van der Waals surface area contributed by atoms with Gasteiger partial charge in [-0.25, -0.2) is 9.97 Å². The van der Waals surface area contributed by atoms with Crippen molar-refractivity contribution in [2.24, 2.45) is 0 Å². The van der Waals surface area contributed by atoms with Crippen molar-refractivity contribution in [3.05, 3.63) is 65.9 Å². The maximum atomic E-state index is 12.5. The van der Waals surface area contributed by atoms with Gasteiger partial charge in [-0.1, -0.05) is 42.1 Å². The molecule has 1 fully saturated rings. The fourth-order valence-corrected chi connectivity index (χ4v) is 4.34. The molecule has 0 saturated carbocycles. The summed E-state index contributed by atoms with van der Waals surface area (Å²) in [5.41, 5.74) is 5.98. The van der Waals surface area contributed by atoms with Crippen LogP contribution in [0.15, 0.2) is 59.8 Å². The van der Waals surface area contributed by atoms with E-state index in [2.05, 4.69) is 32.3 Å². The second-order valence-corrected chi connectivity index (χ2v) is 8.52. The number of carbonyl (C=O) groups excluding carboxylic acids is 1. The first-order chi connectivity index (χ1) is 14.6. The van der Waals surface area contributed by atoms with Crippen LogP contribution < -0.4 is 10.2 Å². The Morgan fingerprint density at radius 2 is 1.80 bits per heavy atom. The van der Waals surface area contributed by atoms with Crippen LogP contribution in [0.3, 0.4) is 0 Å². The third kappa shape index (κ3) is 5.00. The molecule has 1 saturated heterocycles. The smallest absolute Gasteiger partial charge is 0.234 e. The molecule has 6 heteroatoms. The Morgan fingerprint density at radius 1 is 1.03 bits per heavy atom. The Kier molecular flexibility index (Phi) is 6.33. The lowest BCUT2D eigenvalue weighted by molar-refractivity contribution is -0.113. The minimum atomic E-state index is -0.0524. The highest BCUT2D eigenvalue weighted by Crippen LogP contribution is 2.26. The number of benzene rings is 2. The minimum Gasteiger partial charge on any atom is -0.372 e. The summed E-state index contributed by atoms with van der Waals surface area (Å²) in [7, 11) is 0. The van der Waals surface area contributed by atoms with Gasteiger partial charge in [0.1, 0.15) is 0 Å². The van der Waals surface area contributed by atoms with Crippen LogP contribution in [0.25, 0.3) is 11.3 Å². The van der Waals surface area contributed by atoms with Gasteiger partial charge in [-0.3, -0.25) is 4.79 Å². The molecule has 0 unspecified atom stereocenters. The van der Waals surface area contributed by atoms with Gasteiger partial charge < -0.3 is 10.2 Å². The molecule has 2 aromatic carbocycles. The summed E-state index contributed by atoms with van der Waals surface area (Å²) in [4.78, 5) is 24.0. The van der Waals surface area contributed by atoms with E-state index in [4.69, 9.17) is 0 Å². The predicted octanol–water partition coefficient (Wildman–Crippen LogP) is 5.09. The van der Waals surface area contributed by atoms with E-state index in [-0.39, 0.29) is 11.7 Å². The van der Waals surface area contributed by atoms with E-state index in [1.165, 1.54) is 30.3 Å². The second-order valence-electron chi connectivity index (χ2n) is 7.57. The van der Waals surface area contributed by atoms with Crippen LogP contribution in [-0.2, 0) is 4.79 Å². The maximum absolute atomic E-state index is 12.5. The van der Waals surface area contributed by atoms with Gasteiger partial charge in [-0.2, -0.15) is 0 Å². The molecular weight excluding hydrogens is 392 g/mol. The number of hydrogen-bond acceptors (Lipinski definition) is 5. The van der Waals surface area contributed by atoms with Crippen molar-refractivity contribution in [3.63, 3.8) is 0 Å². The Hall–Kier alpha value is -2.86. The molecule has 1 aliphatic heterocycles. The number of rotatable bonds is 6. The molecule has 0 atom stereocenters. The summed E-state index contributed by atoms with van der Waals surface area (Å²) >= 11 is 1.36. The molecule has 154 valence electrons. The SMILES string of the molecule is Cc1cc(-c2ccccc2)nc(SCC(=O)Nc2ccc(N3CCCC3)cc2C)n1. The van der Waals surface area contributed by atoms with Crippen LogP contribution in [0.1, 0.15) is 24.1 Å². The van der Waals surface area contributed by atoms with Gasteiger partial charge in [0.2, 0.25) is 5.91 Å². The molecule has 0 spiro atoms. The molecular formula is C24H26N4OS. The van der Waals surface area contributed by atoms with Gasteiger partial charge in [0, 0.05) is 35.7 Å². The summed E-state index contributed by atoms with van der Waals surface area (Å²) < 4.78 is 0. The Labute approximate surface area is 181 Å². The van der Waals surface area contributed by atoms with Gasteiger partial charge in [0.15, 0.2) is 5.16 Å². The average molecular weight is 419 g/mol. The molecule has 2 heterocycles. The zero-order valence-electron chi connectivity index (χ0n) is 17.4. The van der Waals surface area contributed by atoms with Crippen molar-refractivity contribution >= 4 is 29.0 Å². The Morgan fingerprint density at radius 3 is 2.53 bits per heavy atom. The third-order valence-corrected chi connectivity index (χ3v) is 6.04. The van der Waals surface area contributed by atoms with E-state index < -0.39 is 0 Å². The third-order valence-electron chi connectivity index (χ3n) is 5.19. The maximum Gasteiger partial charge on any atom is 0.234 e. The highest BCUT2D eigenvalue weighted by atomic mass is 32.2. The van der Waals surface area contributed by atoms with Crippen molar-refractivity contribution in [1.82, 2.24) is 9.97 Å². The molecule has 1 amide bonds. The summed E-state index contributed by atoms with van der Waals surface area (Å²) in [5.74, 6) is 0.216. The van der Waals surface area contributed by atoms with Crippen LogP contribution in [-0.4, -0.2) is 34.7 Å². The highest BCUT2D eigenvalue weighted by Gasteiger charge is 2.14. The van der Waals surface area contributed by atoms with E-state index in [1.807, 2.05) is 56.3 Å². The van der Waals surface area contributed by atoms with Gasteiger partial charge in [-0.05, 0) is 56.5 Å². The lowest BCUT2D eigenvalue weighted by Crippen LogP contribution is -2.18. The topological polar surface area (TPSA) is 58.1 Å². The van der Waals surface area contributed by atoms with Crippen molar-refractivity contribution in [2.45, 2.75) is 31.8 Å². The molecule has 4 rings (SSSR count). The molecule has 5 nitrogen and oxygen atoms in total. The van der Waals surface area contributed by atoms with Crippen molar-refractivity contribution in [3.8, 4) is 11.3 Å². The standard InChI is InChI=1S/C24H26N4OS/c1-17-14-20(28-12-6-7-13-28)10-11-21(17)26-23(29)16-30-24-25-18(2)15-22(27-24)19-8-4-3-5-9-19/h3-5,8-11,14-15H,6-7,12-13,16H2,1-2H3,(H,26,29). The zero-order valence-corrected chi connectivity index (χ0v) is 18.2. The first kappa shape index (κ1) is 20.4. The predicted molar refractivity (Wildman–Crippen MR) is 124 cm³/mol. The number of nitrogens with one attached hydrogen (secondary N) is 1. The fraction of sp³-hybridized carbons (Fsp3) is 0.292. The highest BCUT2D eigenvalue weighted by molar-refractivity contribution is 7.99. The molecule has 30 heavy (non-hydrogen) atoms. The van der Waals surface area contributed by atoms with Crippen LogP contribution in [0.2, 0.25) is 0 Å². The Balaban J connectivity index is 1.39. The summed E-state index contributed by atoms with van der Waals surface area (Å²) in [6.07, 6.45) is 2.50. The number of aryl methyl sites for hydroxylation is 2. The van der Waals surface area contributed by atoms with Crippen molar-refractivity contribution in [1.29, 1.82) is 0 Å². The average Bonchev–Trinajstić information content (AvgIpc) is 3.29. The number of thioether (sulfide) groups is 1. The second kappa shape index (κ2) is 9.30. The van der Waals surface area contributed by atoms with Gasteiger partial charge >= 0.3 is 0 Å². The van der Waals surface area contributed by atoms with E-state index in [0.29, 0.717) is 5.16 Å². The van der Waals surface area contributed by atoms with Crippen molar-refractivity contribution in [2.75, 3.05) is 29.1 Å². The summed E-state index contributed by atoms with van der Waals surface area (Å²) in [6.45, 7) is 6.22. The molecule has 3 aromatic rings. The largest absolute Gasteiger partial charge is 0.372 e. The van der Waals surface area contributed by atoms with Gasteiger partial charge in [-0.15, -0.1) is 0 Å². The van der Waals surface area contributed by atoms with E-state index >= 15 is 0 Å². The molecule has 1 aromatic heterocycles. The summed E-state index contributed by atoms with van der Waals surface area (Å²) in [5, 5.41) is 3.64. The van der Waals surface area contributed by atoms with Crippen molar-refractivity contribution < 1.29 is 4.79 Å². The van der Waals surface area contributed by atoms with E-state index in [9.17, 15) is 4.79 Å². The first-order valence-electron chi connectivity index (χ1n) is 10.3. The van der Waals surface area contributed by atoms with E-state index in [0.717, 1.165) is 41.3 Å². The lowest BCUT2D eigenvalue weighted by atomic mass is 10.1. The molecule has 1 N–H and O–H groups in total. The molecule has 1 aliphatic rings. The monoisotopic (exact) mass is 418 g/mol. The zero-order chi connectivity index (χ0) is 20.9. The van der Waals surface area contributed by atoms with Crippen LogP contribution in [0.5, 0.6) is 0 Å². The first-order valence-corrected chi connectivity index (χ1v) is 11.3. The van der Waals surface area contributed by atoms with Gasteiger partial charge in [0.25, 0.3) is 0 Å². The number of hydrogen-bond donors (Lipinski definition) is 1. The number of carbonyl (C=O) groups is 1. The number of nitrogens with zero attached hydrogens (tertiary/aromatic N) is 3. The molecule has 0 bridgehead atoms. The lowest BCUT2D eigenvalue weighted by Gasteiger charge is -2.19. The molecule has 0 radical (unpaired) electrons. The number of anilines is 2. The number of amides is 1.